The summed E-state index contributed by atoms with van der Waals surface area (Å²) in [5.74, 6) is 0.924. The lowest BCUT2D eigenvalue weighted by molar-refractivity contribution is 0.555. The molecule has 0 amide bonds. The molecule has 0 aliphatic carbocycles. The maximum Gasteiger partial charge on any atom is 0.202 e. The SMILES string of the molecule is CCC(C)Nc1nc(C(C)(C)C)ns1. The summed E-state index contributed by atoms with van der Waals surface area (Å²) < 4.78 is 4.34. The Morgan fingerprint density at radius 2 is 2.07 bits per heavy atom. The molecule has 1 aromatic heterocycles. The molecule has 0 spiro atoms. The van der Waals surface area contributed by atoms with E-state index in [1.54, 1.807) is 0 Å². The van der Waals surface area contributed by atoms with E-state index < -0.39 is 0 Å². The number of aromatic nitrogens is 2. The molecule has 1 heterocycles. The minimum Gasteiger partial charge on any atom is -0.358 e. The maximum atomic E-state index is 4.47. The van der Waals surface area contributed by atoms with Gasteiger partial charge in [-0.05, 0) is 13.3 Å². The number of rotatable bonds is 3. The van der Waals surface area contributed by atoms with E-state index in [0.29, 0.717) is 6.04 Å². The van der Waals surface area contributed by atoms with Crippen LogP contribution < -0.4 is 5.32 Å². The van der Waals surface area contributed by atoms with Crippen LogP contribution in [0.25, 0.3) is 0 Å². The summed E-state index contributed by atoms with van der Waals surface area (Å²) in [5.41, 5.74) is 0.0475. The summed E-state index contributed by atoms with van der Waals surface area (Å²) in [6, 6.07) is 0.468. The lowest BCUT2D eigenvalue weighted by Crippen LogP contribution is -2.15. The van der Waals surface area contributed by atoms with Crippen LogP contribution in [-0.2, 0) is 5.41 Å². The first kappa shape index (κ1) is 11.4. The molecule has 0 aromatic carbocycles. The second-order valence-corrected chi connectivity index (χ2v) is 5.38. The van der Waals surface area contributed by atoms with Crippen molar-refractivity contribution in [3.8, 4) is 0 Å². The van der Waals surface area contributed by atoms with Gasteiger partial charge in [0.2, 0.25) is 5.13 Å². The smallest absolute Gasteiger partial charge is 0.202 e. The number of anilines is 1. The van der Waals surface area contributed by atoms with Gasteiger partial charge in [0.05, 0.1) is 0 Å². The van der Waals surface area contributed by atoms with E-state index in [0.717, 1.165) is 17.4 Å². The Morgan fingerprint density at radius 3 is 2.50 bits per heavy atom. The van der Waals surface area contributed by atoms with Gasteiger partial charge in [0, 0.05) is 23.0 Å². The van der Waals surface area contributed by atoms with E-state index in [9.17, 15) is 0 Å². The highest BCUT2D eigenvalue weighted by molar-refractivity contribution is 7.09. The normalized spacial score (nSPS) is 14.1. The highest BCUT2D eigenvalue weighted by Crippen LogP contribution is 2.23. The summed E-state index contributed by atoms with van der Waals surface area (Å²) in [4.78, 5) is 4.47. The predicted octanol–water partition coefficient (Wildman–Crippen LogP) is 3.05. The van der Waals surface area contributed by atoms with E-state index in [1.807, 2.05) is 0 Å². The summed E-state index contributed by atoms with van der Waals surface area (Å²) in [6.07, 6.45) is 1.10. The third-order valence-corrected chi connectivity index (χ3v) is 2.73. The average molecular weight is 213 g/mol. The zero-order valence-corrected chi connectivity index (χ0v) is 10.4. The van der Waals surface area contributed by atoms with Crippen LogP contribution in [0.15, 0.2) is 0 Å². The first-order valence-corrected chi connectivity index (χ1v) is 5.81. The van der Waals surface area contributed by atoms with Gasteiger partial charge in [0.1, 0.15) is 5.82 Å². The second-order valence-electron chi connectivity index (χ2n) is 4.63. The van der Waals surface area contributed by atoms with Gasteiger partial charge in [0.25, 0.3) is 0 Å². The van der Waals surface area contributed by atoms with E-state index >= 15 is 0 Å². The van der Waals surface area contributed by atoms with E-state index in [2.05, 4.69) is 49.3 Å². The van der Waals surface area contributed by atoms with E-state index in [1.165, 1.54) is 11.5 Å². The Balaban J connectivity index is 2.69. The van der Waals surface area contributed by atoms with Gasteiger partial charge in [-0.1, -0.05) is 27.7 Å². The van der Waals surface area contributed by atoms with Crippen molar-refractivity contribution < 1.29 is 0 Å². The zero-order valence-electron chi connectivity index (χ0n) is 9.59. The predicted molar refractivity (Wildman–Crippen MR) is 62.0 cm³/mol. The van der Waals surface area contributed by atoms with Crippen LogP contribution in [0.3, 0.4) is 0 Å². The second kappa shape index (κ2) is 4.26. The molecule has 4 heteroatoms. The molecule has 0 fully saturated rings. The van der Waals surface area contributed by atoms with Crippen LogP contribution in [0, 0.1) is 0 Å². The number of nitrogens with one attached hydrogen (secondary N) is 1. The zero-order chi connectivity index (χ0) is 10.8. The lowest BCUT2D eigenvalue weighted by atomic mass is 9.96. The fourth-order valence-corrected chi connectivity index (χ4v) is 1.77. The lowest BCUT2D eigenvalue weighted by Gasteiger charge is -2.12. The van der Waals surface area contributed by atoms with Crippen LogP contribution in [0.2, 0.25) is 0 Å². The molecular weight excluding hydrogens is 194 g/mol. The number of nitrogens with zero attached hydrogens (tertiary/aromatic N) is 2. The molecule has 14 heavy (non-hydrogen) atoms. The molecule has 1 aromatic rings. The molecule has 0 saturated heterocycles. The van der Waals surface area contributed by atoms with Crippen LogP contribution in [0.4, 0.5) is 5.13 Å². The molecule has 1 rings (SSSR count). The van der Waals surface area contributed by atoms with Crippen molar-refractivity contribution in [3.05, 3.63) is 5.82 Å². The van der Waals surface area contributed by atoms with Gasteiger partial charge in [-0.15, -0.1) is 0 Å². The molecule has 1 atom stereocenters. The van der Waals surface area contributed by atoms with Gasteiger partial charge >= 0.3 is 0 Å². The summed E-state index contributed by atoms with van der Waals surface area (Å²) >= 11 is 1.45. The molecule has 3 nitrogen and oxygen atoms in total. The van der Waals surface area contributed by atoms with Gasteiger partial charge in [-0.25, -0.2) is 4.98 Å². The van der Waals surface area contributed by atoms with Crippen LogP contribution in [-0.4, -0.2) is 15.4 Å². The Morgan fingerprint density at radius 1 is 1.43 bits per heavy atom. The van der Waals surface area contributed by atoms with Gasteiger partial charge < -0.3 is 5.32 Å². The maximum absolute atomic E-state index is 4.47. The highest BCUT2D eigenvalue weighted by Gasteiger charge is 2.19. The Kier molecular flexibility index (Phi) is 3.48. The van der Waals surface area contributed by atoms with Crippen molar-refractivity contribution in [1.29, 1.82) is 0 Å². The van der Waals surface area contributed by atoms with Gasteiger partial charge in [0.15, 0.2) is 0 Å². The minimum absolute atomic E-state index is 0.0475. The molecular formula is C10H19N3S. The van der Waals surface area contributed by atoms with Crippen molar-refractivity contribution in [2.75, 3.05) is 5.32 Å². The van der Waals surface area contributed by atoms with Crippen LogP contribution in [0.1, 0.15) is 46.9 Å². The highest BCUT2D eigenvalue weighted by atomic mass is 32.1. The van der Waals surface area contributed by atoms with Crippen molar-refractivity contribution in [2.24, 2.45) is 0 Å². The van der Waals surface area contributed by atoms with E-state index in [-0.39, 0.29) is 5.41 Å². The number of hydrogen-bond donors (Lipinski definition) is 1. The Labute approximate surface area is 90.1 Å². The topological polar surface area (TPSA) is 37.8 Å². The Hall–Kier alpha value is -0.640. The molecule has 1 N–H and O–H groups in total. The third-order valence-electron chi connectivity index (χ3n) is 2.08. The summed E-state index contributed by atoms with van der Waals surface area (Å²) in [5, 5.41) is 4.26. The van der Waals surface area contributed by atoms with Gasteiger partial charge in [-0.2, -0.15) is 4.37 Å². The van der Waals surface area contributed by atoms with Crippen molar-refractivity contribution >= 4 is 16.7 Å². The first-order chi connectivity index (χ1) is 6.43. The number of hydrogen-bond acceptors (Lipinski definition) is 4. The molecule has 80 valence electrons. The standard InChI is InChI=1S/C10H19N3S/c1-6-7(2)11-9-12-8(13-14-9)10(3,4)5/h7H,6H2,1-5H3,(H,11,12,13). The van der Waals surface area contributed by atoms with E-state index in [4.69, 9.17) is 0 Å². The van der Waals surface area contributed by atoms with Crippen LogP contribution >= 0.6 is 11.5 Å². The molecule has 0 aliphatic heterocycles. The summed E-state index contributed by atoms with van der Waals surface area (Å²) in [6.45, 7) is 10.7. The molecule has 0 saturated carbocycles. The fraction of sp³-hybridized carbons (Fsp3) is 0.800. The largest absolute Gasteiger partial charge is 0.358 e. The van der Waals surface area contributed by atoms with Gasteiger partial charge in [-0.3, -0.25) is 0 Å². The van der Waals surface area contributed by atoms with Crippen LogP contribution in [0.5, 0.6) is 0 Å². The minimum atomic E-state index is 0.0475. The molecule has 0 aliphatic rings. The Bertz CT molecular complexity index is 288. The van der Waals surface area contributed by atoms with Crippen molar-refractivity contribution in [3.63, 3.8) is 0 Å². The third kappa shape index (κ3) is 2.94. The first-order valence-electron chi connectivity index (χ1n) is 5.04. The summed E-state index contributed by atoms with van der Waals surface area (Å²) in [7, 11) is 0. The molecule has 0 bridgehead atoms. The molecule has 0 radical (unpaired) electrons. The fourth-order valence-electron chi connectivity index (χ4n) is 0.900. The van der Waals surface area contributed by atoms with Crippen molar-refractivity contribution in [1.82, 2.24) is 9.36 Å². The van der Waals surface area contributed by atoms with Crippen molar-refractivity contribution in [2.45, 2.75) is 52.5 Å². The monoisotopic (exact) mass is 213 g/mol. The average Bonchev–Trinajstić information content (AvgIpc) is 2.51. The quantitative estimate of drug-likeness (QED) is 0.838. The molecule has 1 unspecified atom stereocenters.